The van der Waals surface area contributed by atoms with Crippen LogP contribution in [-0.2, 0) is 4.74 Å². The van der Waals surface area contributed by atoms with Crippen LogP contribution in [0.3, 0.4) is 0 Å². The van der Waals surface area contributed by atoms with Crippen molar-refractivity contribution in [1.82, 2.24) is 0 Å². The van der Waals surface area contributed by atoms with E-state index in [0.29, 0.717) is 5.25 Å². The van der Waals surface area contributed by atoms with Gasteiger partial charge in [-0.3, -0.25) is 0 Å². The zero-order valence-corrected chi connectivity index (χ0v) is 16.0. The average Bonchev–Trinajstić information content (AvgIpc) is 2.46. The van der Waals surface area contributed by atoms with Crippen molar-refractivity contribution in [1.29, 1.82) is 0 Å². The van der Waals surface area contributed by atoms with E-state index in [-0.39, 0.29) is 11.9 Å². The van der Waals surface area contributed by atoms with E-state index in [9.17, 15) is 0 Å². The molecule has 4 aliphatic carbocycles. The lowest BCUT2D eigenvalue weighted by Gasteiger charge is -2.56. The maximum absolute atomic E-state index is 6.52. The minimum absolute atomic E-state index is 0.113. The molecule has 0 amide bonds. The molecule has 0 aliphatic heterocycles. The highest BCUT2D eigenvalue weighted by Crippen LogP contribution is 2.57. The number of ether oxygens (including phenoxy) is 2. The molecule has 0 heterocycles. The molecule has 0 spiro atoms. The van der Waals surface area contributed by atoms with Crippen molar-refractivity contribution in [2.24, 2.45) is 17.8 Å². The Labute approximate surface area is 150 Å². The fourth-order valence-electron chi connectivity index (χ4n) is 5.61. The lowest BCUT2D eigenvalue weighted by molar-refractivity contribution is -0.225. The summed E-state index contributed by atoms with van der Waals surface area (Å²) in [4.78, 5) is 1.30. The van der Waals surface area contributed by atoms with Crippen molar-refractivity contribution in [2.75, 3.05) is 0 Å². The molecule has 5 rings (SSSR count). The number of thioether (sulfide) groups is 1. The Kier molecular flexibility index (Phi) is 4.59. The largest absolute Gasteiger partial charge is 0.465 e. The summed E-state index contributed by atoms with van der Waals surface area (Å²) in [7, 11) is 0. The second-order valence-corrected chi connectivity index (χ2v) is 10.2. The molecule has 0 saturated heterocycles. The minimum atomic E-state index is -0.162. The van der Waals surface area contributed by atoms with Crippen LogP contribution < -0.4 is 4.74 Å². The van der Waals surface area contributed by atoms with Crippen LogP contribution in [0.4, 0.5) is 0 Å². The minimum Gasteiger partial charge on any atom is -0.465 e. The Bertz CT molecular complexity index is 530. The van der Waals surface area contributed by atoms with Gasteiger partial charge in [0.2, 0.25) is 0 Å². The third kappa shape index (κ3) is 3.62. The van der Waals surface area contributed by atoms with E-state index >= 15 is 0 Å². The normalized spacial score (nSPS) is 35.4. The van der Waals surface area contributed by atoms with Crippen molar-refractivity contribution in [2.45, 2.75) is 81.3 Å². The van der Waals surface area contributed by atoms with Gasteiger partial charge in [-0.15, -0.1) is 11.8 Å². The third-order valence-electron chi connectivity index (χ3n) is 5.90. The number of hydrogen-bond donors (Lipinski definition) is 0. The van der Waals surface area contributed by atoms with Crippen LogP contribution in [0.1, 0.15) is 59.3 Å². The van der Waals surface area contributed by atoms with Gasteiger partial charge in [-0.2, -0.15) is 0 Å². The highest BCUT2D eigenvalue weighted by molar-refractivity contribution is 7.99. The average molecular weight is 347 g/mol. The zero-order valence-electron chi connectivity index (χ0n) is 15.2. The van der Waals surface area contributed by atoms with Crippen LogP contribution in [0.25, 0.3) is 0 Å². The fourth-order valence-corrected chi connectivity index (χ4v) is 6.45. The number of hydrogen-bond acceptors (Lipinski definition) is 3. The lowest BCUT2D eigenvalue weighted by atomic mass is 9.54. The van der Waals surface area contributed by atoms with Crippen molar-refractivity contribution in [3.8, 4) is 5.75 Å². The maximum Gasteiger partial charge on any atom is 0.197 e. The van der Waals surface area contributed by atoms with E-state index in [1.165, 1.54) is 43.4 Å². The second kappa shape index (κ2) is 6.57. The van der Waals surface area contributed by atoms with E-state index < -0.39 is 0 Å². The van der Waals surface area contributed by atoms with Gasteiger partial charge in [0.05, 0.1) is 5.60 Å². The highest BCUT2D eigenvalue weighted by Gasteiger charge is 2.52. The number of benzene rings is 1. The van der Waals surface area contributed by atoms with Crippen molar-refractivity contribution >= 4 is 11.8 Å². The molecular formula is C21H30O2S. The fraction of sp³-hybridized carbons (Fsp3) is 0.714. The maximum atomic E-state index is 6.52. The quantitative estimate of drug-likeness (QED) is 0.472. The molecule has 2 nitrogen and oxygen atoms in total. The first-order valence-corrected chi connectivity index (χ1v) is 10.5. The summed E-state index contributed by atoms with van der Waals surface area (Å²) < 4.78 is 12.6. The predicted molar refractivity (Wildman–Crippen MR) is 99.5 cm³/mol. The molecule has 4 saturated carbocycles. The summed E-state index contributed by atoms with van der Waals surface area (Å²) in [5, 5.41) is 0.607. The Morgan fingerprint density at radius 2 is 1.46 bits per heavy atom. The molecule has 1 atom stereocenters. The van der Waals surface area contributed by atoms with Crippen molar-refractivity contribution < 1.29 is 9.47 Å². The summed E-state index contributed by atoms with van der Waals surface area (Å²) in [6.07, 6.45) is 7.97. The molecule has 4 bridgehead atoms. The summed E-state index contributed by atoms with van der Waals surface area (Å²) in [5.41, 5.74) is 0.113. The molecular weight excluding hydrogens is 316 g/mol. The van der Waals surface area contributed by atoms with Crippen LogP contribution in [0.2, 0.25) is 0 Å². The molecule has 4 fully saturated rings. The van der Waals surface area contributed by atoms with Gasteiger partial charge in [0.15, 0.2) is 6.29 Å². The zero-order chi connectivity index (χ0) is 16.7. The predicted octanol–water partition coefficient (Wildman–Crippen LogP) is 5.90. The van der Waals surface area contributed by atoms with E-state index in [1.807, 2.05) is 11.8 Å². The van der Waals surface area contributed by atoms with Crippen LogP contribution in [0.15, 0.2) is 29.2 Å². The molecule has 0 N–H and O–H groups in total. The Morgan fingerprint density at radius 1 is 0.917 bits per heavy atom. The van der Waals surface area contributed by atoms with Crippen LogP contribution in [0.5, 0.6) is 5.75 Å². The monoisotopic (exact) mass is 346 g/mol. The molecule has 1 aromatic rings. The Hall–Kier alpha value is -0.670. The van der Waals surface area contributed by atoms with Crippen molar-refractivity contribution in [3.05, 3.63) is 24.3 Å². The SMILES string of the molecule is CC(Oc1ccc(SC(C)C)cc1)OC12CC3CC(CC(C3)C1)C2. The van der Waals surface area contributed by atoms with Gasteiger partial charge in [0.1, 0.15) is 5.75 Å². The Morgan fingerprint density at radius 3 is 1.96 bits per heavy atom. The molecule has 24 heavy (non-hydrogen) atoms. The number of rotatable bonds is 6. The van der Waals surface area contributed by atoms with Gasteiger partial charge >= 0.3 is 0 Å². The molecule has 1 unspecified atom stereocenters. The third-order valence-corrected chi connectivity index (χ3v) is 6.91. The van der Waals surface area contributed by atoms with E-state index in [1.54, 1.807) is 0 Å². The summed E-state index contributed by atoms with van der Waals surface area (Å²) >= 11 is 1.88. The van der Waals surface area contributed by atoms with Gasteiger partial charge in [-0.1, -0.05) is 13.8 Å². The molecule has 4 aliphatic rings. The first-order valence-electron chi connectivity index (χ1n) is 9.61. The van der Waals surface area contributed by atoms with Gasteiger partial charge < -0.3 is 9.47 Å². The second-order valence-electron chi connectivity index (χ2n) is 8.54. The van der Waals surface area contributed by atoms with Gasteiger partial charge in [-0.25, -0.2) is 0 Å². The van der Waals surface area contributed by atoms with Crippen LogP contribution >= 0.6 is 11.8 Å². The van der Waals surface area contributed by atoms with Crippen molar-refractivity contribution in [3.63, 3.8) is 0 Å². The van der Waals surface area contributed by atoms with Crippen LogP contribution in [-0.4, -0.2) is 17.1 Å². The smallest absolute Gasteiger partial charge is 0.197 e. The molecule has 1 aromatic carbocycles. The standard InChI is InChI=1S/C21H30O2S/c1-14(2)24-20-6-4-19(5-7-20)22-15(3)23-21-11-16-8-17(12-21)10-18(9-16)13-21/h4-7,14-18H,8-13H2,1-3H3. The molecule has 0 aromatic heterocycles. The lowest BCUT2D eigenvalue weighted by Crippen LogP contribution is -2.53. The summed E-state index contributed by atoms with van der Waals surface area (Å²) in [5.74, 6) is 3.66. The topological polar surface area (TPSA) is 18.5 Å². The van der Waals surface area contributed by atoms with Gasteiger partial charge in [0, 0.05) is 10.1 Å². The highest BCUT2D eigenvalue weighted by atomic mass is 32.2. The first-order chi connectivity index (χ1) is 11.5. The molecule has 3 heteroatoms. The van der Waals surface area contributed by atoms with E-state index in [0.717, 1.165) is 23.5 Å². The molecule has 132 valence electrons. The molecule has 0 radical (unpaired) electrons. The first kappa shape index (κ1) is 16.8. The summed E-state index contributed by atoms with van der Waals surface area (Å²) in [6, 6.07) is 8.45. The summed E-state index contributed by atoms with van der Waals surface area (Å²) in [6.45, 7) is 6.50. The van der Waals surface area contributed by atoms with Crippen LogP contribution in [0, 0.1) is 17.8 Å². The van der Waals surface area contributed by atoms with E-state index in [4.69, 9.17) is 9.47 Å². The van der Waals surface area contributed by atoms with Gasteiger partial charge in [0.25, 0.3) is 0 Å². The van der Waals surface area contributed by atoms with E-state index in [2.05, 4.69) is 45.0 Å². The Balaban J connectivity index is 1.36. The van der Waals surface area contributed by atoms with Gasteiger partial charge in [-0.05, 0) is 87.5 Å².